The SMILES string of the molecule is Cn1nccc1CCn1cc(CCO)nn1. The van der Waals surface area contributed by atoms with Crippen LogP contribution in [0.4, 0.5) is 0 Å². The van der Waals surface area contributed by atoms with E-state index in [-0.39, 0.29) is 6.61 Å². The number of rotatable bonds is 5. The molecule has 1 N–H and O–H groups in total. The fourth-order valence-corrected chi connectivity index (χ4v) is 1.55. The van der Waals surface area contributed by atoms with Crippen molar-refractivity contribution >= 4 is 0 Å². The highest BCUT2D eigenvalue weighted by Gasteiger charge is 2.02. The van der Waals surface area contributed by atoms with E-state index in [4.69, 9.17) is 5.11 Å². The van der Waals surface area contributed by atoms with Crippen molar-refractivity contribution in [3.8, 4) is 0 Å². The molecule has 0 radical (unpaired) electrons. The standard InChI is InChI=1S/C10H15N5O/c1-14-10(2-5-11-14)3-6-15-8-9(4-7-16)12-13-15/h2,5,8,16H,3-4,6-7H2,1H3. The second-order valence-corrected chi connectivity index (χ2v) is 3.64. The third kappa shape index (κ3) is 2.46. The monoisotopic (exact) mass is 221 g/mol. The van der Waals surface area contributed by atoms with Crippen molar-refractivity contribution in [2.75, 3.05) is 6.61 Å². The van der Waals surface area contributed by atoms with Crippen molar-refractivity contribution in [3.63, 3.8) is 0 Å². The number of hydrogen-bond donors (Lipinski definition) is 1. The molecule has 0 aliphatic rings. The lowest BCUT2D eigenvalue weighted by Crippen LogP contribution is -2.06. The first-order valence-electron chi connectivity index (χ1n) is 5.26. The van der Waals surface area contributed by atoms with Crippen LogP contribution < -0.4 is 0 Å². The van der Waals surface area contributed by atoms with Crippen LogP contribution in [0.1, 0.15) is 11.4 Å². The molecule has 86 valence electrons. The highest BCUT2D eigenvalue weighted by molar-refractivity contribution is 5.00. The van der Waals surface area contributed by atoms with Gasteiger partial charge in [0.25, 0.3) is 0 Å². The van der Waals surface area contributed by atoms with Gasteiger partial charge in [0.2, 0.25) is 0 Å². The van der Waals surface area contributed by atoms with Gasteiger partial charge in [0.05, 0.1) is 5.69 Å². The van der Waals surface area contributed by atoms with Gasteiger partial charge in [-0.05, 0) is 6.07 Å². The molecular formula is C10H15N5O. The Balaban J connectivity index is 1.92. The predicted molar refractivity (Wildman–Crippen MR) is 57.7 cm³/mol. The van der Waals surface area contributed by atoms with Gasteiger partial charge in [0.1, 0.15) is 0 Å². The Bertz CT molecular complexity index is 448. The molecule has 0 aromatic carbocycles. The van der Waals surface area contributed by atoms with Crippen LogP contribution in [-0.2, 0) is 26.4 Å². The fraction of sp³-hybridized carbons (Fsp3) is 0.500. The molecule has 2 heterocycles. The number of aliphatic hydroxyl groups excluding tert-OH is 1. The average Bonchev–Trinajstić information content (AvgIpc) is 2.86. The molecule has 16 heavy (non-hydrogen) atoms. The predicted octanol–water partition coefficient (Wildman–Crippen LogP) is -0.211. The Kier molecular flexibility index (Phi) is 3.31. The zero-order valence-electron chi connectivity index (χ0n) is 9.24. The lowest BCUT2D eigenvalue weighted by Gasteiger charge is -2.01. The van der Waals surface area contributed by atoms with Crippen LogP contribution in [0.15, 0.2) is 18.5 Å². The molecule has 2 rings (SSSR count). The van der Waals surface area contributed by atoms with Gasteiger partial charge in [0, 0.05) is 51.1 Å². The summed E-state index contributed by atoms with van der Waals surface area (Å²) in [5, 5.41) is 20.8. The molecule has 0 unspecified atom stereocenters. The minimum absolute atomic E-state index is 0.112. The van der Waals surface area contributed by atoms with E-state index in [1.54, 1.807) is 10.9 Å². The summed E-state index contributed by atoms with van der Waals surface area (Å²) in [4.78, 5) is 0. The van der Waals surface area contributed by atoms with E-state index in [0.29, 0.717) is 6.42 Å². The van der Waals surface area contributed by atoms with E-state index in [2.05, 4.69) is 15.4 Å². The number of nitrogens with zero attached hydrogens (tertiary/aromatic N) is 5. The van der Waals surface area contributed by atoms with Crippen LogP contribution in [0, 0.1) is 0 Å². The summed E-state index contributed by atoms with van der Waals surface area (Å²) in [6.07, 6.45) is 5.09. The lowest BCUT2D eigenvalue weighted by molar-refractivity contribution is 0.298. The van der Waals surface area contributed by atoms with Crippen molar-refractivity contribution in [1.29, 1.82) is 0 Å². The van der Waals surface area contributed by atoms with Crippen molar-refractivity contribution in [1.82, 2.24) is 24.8 Å². The quantitative estimate of drug-likeness (QED) is 0.758. The third-order valence-corrected chi connectivity index (χ3v) is 2.47. The maximum Gasteiger partial charge on any atom is 0.0849 e. The Morgan fingerprint density at radius 1 is 1.38 bits per heavy atom. The molecular weight excluding hydrogens is 206 g/mol. The van der Waals surface area contributed by atoms with E-state index in [1.165, 1.54) is 5.69 Å². The van der Waals surface area contributed by atoms with Gasteiger partial charge in [-0.15, -0.1) is 5.10 Å². The maximum atomic E-state index is 8.76. The molecule has 0 aliphatic heterocycles. The van der Waals surface area contributed by atoms with Gasteiger partial charge in [-0.2, -0.15) is 5.10 Å². The molecule has 0 spiro atoms. The van der Waals surface area contributed by atoms with Gasteiger partial charge in [-0.25, -0.2) is 0 Å². The Morgan fingerprint density at radius 2 is 2.25 bits per heavy atom. The summed E-state index contributed by atoms with van der Waals surface area (Å²) in [6, 6.07) is 1.99. The molecule has 0 aliphatic carbocycles. The zero-order chi connectivity index (χ0) is 11.4. The summed E-state index contributed by atoms with van der Waals surface area (Å²) in [6.45, 7) is 0.887. The highest BCUT2D eigenvalue weighted by Crippen LogP contribution is 2.00. The van der Waals surface area contributed by atoms with E-state index < -0.39 is 0 Å². The fourth-order valence-electron chi connectivity index (χ4n) is 1.55. The third-order valence-electron chi connectivity index (χ3n) is 2.47. The normalized spacial score (nSPS) is 10.9. The maximum absolute atomic E-state index is 8.76. The summed E-state index contributed by atoms with van der Waals surface area (Å²) >= 11 is 0. The van der Waals surface area contributed by atoms with Crippen LogP contribution >= 0.6 is 0 Å². The highest BCUT2D eigenvalue weighted by atomic mass is 16.3. The van der Waals surface area contributed by atoms with Gasteiger partial charge in [-0.3, -0.25) is 9.36 Å². The second-order valence-electron chi connectivity index (χ2n) is 3.64. The van der Waals surface area contributed by atoms with Crippen LogP contribution in [-0.4, -0.2) is 36.5 Å². The summed E-state index contributed by atoms with van der Waals surface area (Å²) < 4.78 is 3.64. The summed E-state index contributed by atoms with van der Waals surface area (Å²) in [5.41, 5.74) is 1.99. The van der Waals surface area contributed by atoms with E-state index in [0.717, 1.165) is 18.7 Å². The van der Waals surface area contributed by atoms with Crippen molar-refractivity contribution < 1.29 is 5.11 Å². The van der Waals surface area contributed by atoms with Crippen LogP contribution in [0.2, 0.25) is 0 Å². The molecule has 6 nitrogen and oxygen atoms in total. The summed E-state index contributed by atoms with van der Waals surface area (Å²) in [7, 11) is 1.92. The Morgan fingerprint density at radius 3 is 2.94 bits per heavy atom. The first-order chi connectivity index (χ1) is 7.79. The Labute approximate surface area is 93.5 Å². The van der Waals surface area contributed by atoms with Gasteiger partial charge < -0.3 is 5.11 Å². The molecule has 0 fully saturated rings. The van der Waals surface area contributed by atoms with Gasteiger partial charge in [0.15, 0.2) is 0 Å². The van der Waals surface area contributed by atoms with Crippen LogP contribution in [0.25, 0.3) is 0 Å². The molecule has 2 aromatic rings. The molecule has 0 saturated heterocycles. The van der Waals surface area contributed by atoms with Gasteiger partial charge in [-0.1, -0.05) is 5.21 Å². The molecule has 0 saturated carbocycles. The van der Waals surface area contributed by atoms with E-state index in [9.17, 15) is 0 Å². The second kappa shape index (κ2) is 4.89. The average molecular weight is 221 g/mol. The number of aliphatic hydroxyl groups is 1. The minimum atomic E-state index is 0.112. The summed E-state index contributed by atoms with van der Waals surface area (Å²) in [5.74, 6) is 0. The number of aromatic nitrogens is 5. The Hall–Kier alpha value is -1.69. The molecule has 0 bridgehead atoms. The van der Waals surface area contributed by atoms with Crippen molar-refractivity contribution in [2.24, 2.45) is 7.05 Å². The largest absolute Gasteiger partial charge is 0.396 e. The lowest BCUT2D eigenvalue weighted by atomic mass is 10.3. The zero-order valence-corrected chi connectivity index (χ0v) is 9.24. The van der Waals surface area contributed by atoms with Gasteiger partial charge >= 0.3 is 0 Å². The molecule has 6 heteroatoms. The van der Waals surface area contributed by atoms with E-state index >= 15 is 0 Å². The number of hydrogen-bond acceptors (Lipinski definition) is 4. The van der Waals surface area contributed by atoms with E-state index in [1.807, 2.05) is 24.0 Å². The van der Waals surface area contributed by atoms with Crippen molar-refractivity contribution in [2.45, 2.75) is 19.4 Å². The first kappa shape index (κ1) is 10.8. The molecule has 0 amide bonds. The topological polar surface area (TPSA) is 68.8 Å². The van der Waals surface area contributed by atoms with Crippen LogP contribution in [0.5, 0.6) is 0 Å². The van der Waals surface area contributed by atoms with Crippen molar-refractivity contribution in [3.05, 3.63) is 29.8 Å². The minimum Gasteiger partial charge on any atom is -0.396 e. The molecule has 0 atom stereocenters. The first-order valence-corrected chi connectivity index (χ1v) is 5.26. The molecule has 2 aromatic heterocycles. The van der Waals surface area contributed by atoms with Crippen LogP contribution in [0.3, 0.4) is 0 Å². The smallest absolute Gasteiger partial charge is 0.0849 e. The number of aryl methyl sites for hydroxylation is 3.